The molecule has 1 atom stereocenters. The van der Waals surface area contributed by atoms with Gasteiger partial charge in [-0.3, -0.25) is 19.3 Å². The number of nitriles is 1. The van der Waals surface area contributed by atoms with E-state index in [1.165, 1.54) is 19.1 Å². The number of nitrogens with zero attached hydrogens (tertiary/aromatic N) is 2. The van der Waals surface area contributed by atoms with E-state index in [-0.39, 0.29) is 30.2 Å². The number of hydrogen-bond acceptors (Lipinski definition) is 6. The molecule has 2 aliphatic rings. The Balaban J connectivity index is 1.66. The van der Waals surface area contributed by atoms with Gasteiger partial charge in [0.2, 0.25) is 11.8 Å². The van der Waals surface area contributed by atoms with Crippen molar-refractivity contribution in [1.29, 1.82) is 5.26 Å². The molecule has 1 N–H and O–H groups in total. The predicted octanol–water partition coefficient (Wildman–Crippen LogP) is 2.23. The van der Waals surface area contributed by atoms with Crippen LogP contribution in [0.5, 0.6) is 0 Å². The molecular formula is C21H23N3O5. The standard InChI is InChI=1S/C21H23N3O5/c1-14(19(27)23-21(13-22)10-3-2-4-11-21)29-20(28)15-6-5-7-16(12-15)24-17(25)8-9-18(24)26/h5-7,12,14H,2-4,8-11H2,1H3,(H,23,27)/t14-/m0/s1. The highest BCUT2D eigenvalue weighted by molar-refractivity contribution is 6.20. The van der Waals surface area contributed by atoms with Crippen molar-refractivity contribution >= 4 is 29.4 Å². The normalized spacial score (nSPS) is 19.4. The molecule has 3 rings (SSSR count). The smallest absolute Gasteiger partial charge is 0.338 e. The highest BCUT2D eigenvalue weighted by Crippen LogP contribution is 2.28. The molecule has 152 valence electrons. The van der Waals surface area contributed by atoms with Gasteiger partial charge in [0.1, 0.15) is 5.54 Å². The number of ether oxygens (including phenoxy) is 1. The van der Waals surface area contributed by atoms with Gasteiger partial charge in [-0.15, -0.1) is 0 Å². The number of imide groups is 1. The summed E-state index contributed by atoms with van der Waals surface area (Å²) in [6, 6.07) is 8.18. The molecule has 1 saturated carbocycles. The molecule has 0 bridgehead atoms. The van der Waals surface area contributed by atoms with Crippen molar-refractivity contribution in [2.75, 3.05) is 4.90 Å². The minimum atomic E-state index is -1.09. The second kappa shape index (κ2) is 8.43. The first-order chi connectivity index (χ1) is 13.8. The highest BCUT2D eigenvalue weighted by Gasteiger charge is 2.36. The number of hydrogen-bond donors (Lipinski definition) is 1. The molecule has 1 aliphatic heterocycles. The van der Waals surface area contributed by atoms with Crippen LogP contribution in [-0.4, -0.2) is 35.3 Å². The Morgan fingerprint density at radius 2 is 1.83 bits per heavy atom. The average Bonchev–Trinajstić information content (AvgIpc) is 3.06. The number of anilines is 1. The molecule has 0 spiro atoms. The summed E-state index contributed by atoms with van der Waals surface area (Å²) in [5.41, 5.74) is -0.483. The zero-order chi connectivity index (χ0) is 21.0. The molecule has 29 heavy (non-hydrogen) atoms. The summed E-state index contributed by atoms with van der Waals surface area (Å²) in [7, 11) is 0. The van der Waals surface area contributed by atoms with Gasteiger partial charge in [0.15, 0.2) is 6.10 Å². The summed E-state index contributed by atoms with van der Waals surface area (Å²) in [4.78, 5) is 49.8. The fourth-order valence-corrected chi connectivity index (χ4v) is 3.68. The van der Waals surface area contributed by atoms with Crippen LogP contribution in [0.4, 0.5) is 5.69 Å². The van der Waals surface area contributed by atoms with Crippen molar-refractivity contribution in [2.45, 2.75) is 63.5 Å². The van der Waals surface area contributed by atoms with Gasteiger partial charge >= 0.3 is 5.97 Å². The lowest BCUT2D eigenvalue weighted by molar-refractivity contribution is -0.130. The van der Waals surface area contributed by atoms with E-state index in [0.29, 0.717) is 18.5 Å². The highest BCUT2D eigenvalue weighted by atomic mass is 16.5. The Morgan fingerprint density at radius 1 is 1.17 bits per heavy atom. The fourth-order valence-electron chi connectivity index (χ4n) is 3.68. The number of nitrogens with one attached hydrogen (secondary N) is 1. The topological polar surface area (TPSA) is 117 Å². The van der Waals surface area contributed by atoms with Crippen LogP contribution in [0.3, 0.4) is 0 Å². The lowest BCUT2D eigenvalue weighted by Gasteiger charge is -2.32. The molecule has 1 aromatic carbocycles. The molecule has 8 nitrogen and oxygen atoms in total. The second-order valence-corrected chi connectivity index (χ2v) is 7.46. The second-order valence-electron chi connectivity index (χ2n) is 7.46. The molecule has 1 saturated heterocycles. The largest absolute Gasteiger partial charge is 0.449 e. The monoisotopic (exact) mass is 397 g/mol. The van der Waals surface area contributed by atoms with Gasteiger partial charge in [-0.2, -0.15) is 5.26 Å². The quantitative estimate of drug-likeness (QED) is 0.601. The number of rotatable bonds is 5. The Kier molecular flexibility index (Phi) is 5.97. The van der Waals surface area contributed by atoms with Gasteiger partial charge < -0.3 is 10.1 Å². The van der Waals surface area contributed by atoms with Crippen molar-refractivity contribution in [1.82, 2.24) is 5.32 Å². The molecule has 1 aliphatic carbocycles. The molecule has 8 heteroatoms. The van der Waals surface area contributed by atoms with Gasteiger partial charge in [-0.1, -0.05) is 25.3 Å². The number of benzene rings is 1. The van der Waals surface area contributed by atoms with Gasteiger partial charge in [0, 0.05) is 12.8 Å². The molecular weight excluding hydrogens is 374 g/mol. The minimum Gasteiger partial charge on any atom is -0.449 e. The number of carbonyl (C=O) groups excluding carboxylic acids is 4. The Morgan fingerprint density at radius 3 is 2.45 bits per heavy atom. The zero-order valence-electron chi connectivity index (χ0n) is 16.3. The fraction of sp³-hybridized carbons (Fsp3) is 0.476. The van der Waals surface area contributed by atoms with Crippen molar-refractivity contribution < 1.29 is 23.9 Å². The van der Waals surface area contributed by atoms with Crippen LogP contribution < -0.4 is 10.2 Å². The Bertz CT molecular complexity index is 867. The Hall–Kier alpha value is -3.21. The molecule has 0 aromatic heterocycles. The minimum absolute atomic E-state index is 0.127. The molecule has 1 aromatic rings. The third-order valence-corrected chi connectivity index (χ3v) is 5.33. The van der Waals surface area contributed by atoms with E-state index in [4.69, 9.17) is 4.74 Å². The van der Waals surface area contributed by atoms with Crippen molar-refractivity contribution in [3.63, 3.8) is 0 Å². The van der Waals surface area contributed by atoms with Crippen LogP contribution in [0.2, 0.25) is 0 Å². The number of amides is 3. The lowest BCUT2D eigenvalue weighted by Crippen LogP contribution is -2.52. The summed E-state index contributed by atoms with van der Waals surface area (Å²) in [6.07, 6.45) is 3.11. The summed E-state index contributed by atoms with van der Waals surface area (Å²) < 4.78 is 5.25. The van der Waals surface area contributed by atoms with Crippen LogP contribution in [0.15, 0.2) is 24.3 Å². The van der Waals surface area contributed by atoms with Crippen molar-refractivity contribution in [3.8, 4) is 6.07 Å². The summed E-state index contributed by atoms with van der Waals surface area (Å²) in [5.74, 6) is -1.91. The van der Waals surface area contributed by atoms with Crippen LogP contribution in [0.25, 0.3) is 0 Å². The predicted molar refractivity (Wildman–Crippen MR) is 103 cm³/mol. The van der Waals surface area contributed by atoms with E-state index in [0.717, 1.165) is 24.2 Å². The first kappa shape index (κ1) is 20.5. The maximum Gasteiger partial charge on any atom is 0.338 e. The van der Waals surface area contributed by atoms with Crippen molar-refractivity contribution in [2.24, 2.45) is 0 Å². The molecule has 1 heterocycles. The van der Waals surface area contributed by atoms with Gasteiger partial charge in [-0.25, -0.2) is 4.79 Å². The molecule has 0 radical (unpaired) electrons. The maximum atomic E-state index is 12.5. The van der Waals surface area contributed by atoms with E-state index in [1.54, 1.807) is 12.1 Å². The van der Waals surface area contributed by atoms with E-state index in [9.17, 15) is 24.4 Å². The summed E-state index contributed by atoms with van der Waals surface area (Å²) >= 11 is 0. The van der Waals surface area contributed by atoms with Gasteiger partial charge in [0.25, 0.3) is 5.91 Å². The third kappa shape index (κ3) is 4.45. The summed E-state index contributed by atoms with van der Waals surface area (Å²) in [5, 5.41) is 12.2. The van der Waals surface area contributed by atoms with Crippen LogP contribution >= 0.6 is 0 Å². The molecule has 3 amide bonds. The van der Waals surface area contributed by atoms with Crippen LogP contribution in [0.1, 0.15) is 62.2 Å². The molecule has 0 unspecified atom stereocenters. The number of esters is 1. The zero-order valence-corrected chi connectivity index (χ0v) is 16.3. The third-order valence-electron chi connectivity index (χ3n) is 5.33. The van der Waals surface area contributed by atoms with E-state index in [2.05, 4.69) is 11.4 Å². The first-order valence-corrected chi connectivity index (χ1v) is 9.75. The van der Waals surface area contributed by atoms with E-state index < -0.39 is 23.5 Å². The van der Waals surface area contributed by atoms with Crippen molar-refractivity contribution in [3.05, 3.63) is 29.8 Å². The van der Waals surface area contributed by atoms with Crippen LogP contribution in [-0.2, 0) is 19.1 Å². The van der Waals surface area contributed by atoms with E-state index in [1.807, 2.05) is 0 Å². The first-order valence-electron chi connectivity index (χ1n) is 9.75. The van der Waals surface area contributed by atoms with E-state index >= 15 is 0 Å². The van der Waals surface area contributed by atoms with Gasteiger partial charge in [-0.05, 0) is 38.0 Å². The molecule has 2 fully saturated rings. The summed E-state index contributed by atoms with van der Waals surface area (Å²) in [6.45, 7) is 1.44. The average molecular weight is 397 g/mol. The lowest BCUT2D eigenvalue weighted by atomic mass is 9.83. The SMILES string of the molecule is C[C@H](OC(=O)c1cccc(N2C(=O)CCC2=O)c1)C(=O)NC1(C#N)CCCCC1. The van der Waals surface area contributed by atoms with Gasteiger partial charge in [0.05, 0.1) is 17.3 Å². The maximum absolute atomic E-state index is 12.5. The van der Waals surface area contributed by atoms with Crippen LogP contribution in [0, 0.1) is 11.3 Å². The number of carbonyl (C=O) groups is 4. The Labute approximate surface area is 168 Å².